The Bertz CT molecular complexity index is 691. The average Bonchev–Trinajstić information content (AvgIpc) is 2.38. The van der Waals surface area contributed by atoms with Gasteiger partial charge in [0, 0.05) is 15.6 Å². The summed E-state index contributed by atoms with van der Waals surface area (Å²) in [6.45, 7) is 1.44. The molecule has 0 aliphatic rings. The van der Waals surface area contributed by atoms with Crippen LogP contribution in [0.5, 0.6) is 0 Å². The van der Waals surface area contributed by atoms with Crippen molar-refractivity contribution in [3.8, 4) is 0 Å². The topological polar surface area (TPSA) is 29.1 Å². The van der Waals surface area contributed by atoms with E-state index in [0.29, 0.717) is 9.50 Å². The number of benzene rings is 2. The SMILES string of the molecule is Cc1cc(F)c(NC(=O)c2cc(Cl)ccc2Br)cc1F. The van der Waals surface area contributed by atoms with Crippen LogP contribution in [0.2, 0.25) is 5.02 Å². The van der Waals surface area contributed by atoms with Crippen LogP contribution in [0.25, 0.3) is 0 Å². The van der Waals surface area contributed by atoms with Gasteiger partial charge < -0.3 is 5.32 Å². The third-order valence-electron chi connectivity index (χ3n) is 2.67. The predicted octanol–water partition coefficient (Wildman–Crippen LogP) is 4.94. The lowest BCUT2D eigenvalue weighted by Gasteiger charge is -2.09. The van der Waals surface area contributed by atoms with Gasteiger partial charge in [0.1, 0.15) is 11.6 Å². The van der Waals surface area contributed by atoms with Gasteiger partial charge >= 0.3 is 0 Å². The van der Waals surface area contributed by atoms with E-state index in [0.717, 1.165) is 12.1 Å². The molecule has 1 N–H and O–H groups in total. The Labute approximate surface area is 127 Å². The molecular formula is C14H9BrClF2NO. The molecule has 0 fully saturated rings. The zero-order valence-electron chi connectivity index (χ0n) is 10.3. The summed E-state index contributed by atoms with van der Waals surface area (Å²) in [5.74, 6) is -1.87. The Morgan fingerprint density at radius 3 is 2.60 bits per heavy atom. The molecule has 6 heteroatoms. The minimum atomic E-state index is -0.699. The molecule has 104 valence electrons. The van der Waals surface area contributed by atoms with Gasteiger partial charge in [-0.15, -0.1) is 0 Å². The summed E-state index contributed by atoms with van der Waals surface area (Å²) in [4.78, 5) is 12.0. The monoisotopic (exact) mass is 359 g/mol. The van der Waals surface area contributed by atoms with Gasteiger partial charge in [-0.2, -0.15) is 0 Å². The Hall–Kier alpha value is -1.46. The van der Waals surface area contributed by atoms with Crippen molar-refractivity contribution in [2.24, 2.45) is 0 Å². The number of carbonyl (C=O) groups is 1. The number of nitrogens with one attached hydrogen (secondary N) is 1. The predicted molar refractivity (Wildman–Crippen MR) is 78.2 cm³/mol. The van der Waals surface area contributed by atoms with Crippen molar-refractivity contribution in [3.05, 3.63) is 62.6 Å². The van der Waals surface area contributed by atoms with Crippen molar-refractivity contribution in [2.45, 2.75) is 6.92 Å². The van der Waals surface area contributed by atoms with E-state index >= 15 is 0 Å². The molecule has 1 amide bonds. The number of hydrogen-bond acceptors (Lipinski definition) is 1. The second kappa shape index (κ2) is 5.89. The average molecular weight is 361 g/mol. The second-order valence-corrected chi connectivity index (χ2v) is 5.45. The highest BCUT2D eigenvalue weighted by Gasteiger charge is 2.14. The molecule has 0 aromatic heterocycles. The van der Waals surface area contributed by atoms with E-state index in [-0.39, 0.29) is 16.8 Å². The summed E-state index contributed by atoms with van der Waals surface area (Å²) in [5, 5.41) is 2.69. The normalized spacial score (nSPS) is 10.4. The molecule has 0 saturated heterocycles. The number of hydrogen-bond donors (Lipinski definition) is 1. The third-order valence-corrected chi connectivity index (χ3v) is 3.60. The number of aryl methyl sites for hydroxylation is 1. The molecule has 0 bridgehead atoms. The molecule has 0 spiro atoms. The quantitative estimate of drug-likeness (QED) is 0.807. The molecule has 0 aliphatic carbocycles. The van der Waals surface area contributed by atoms with E-state index in [1.165, 1.54) is 13.0 Å². The molecule has 0 saturated carbocycles. The highest BCUT2D eigenvalue weighted by Crippen LogP contribution is 2.24. The fourth-order valence-corrected chi connectivity index (χ4v) is 2.20. The summed E-state index contributed by atoms with van der Waals surface area (Å²) in [6, 6.07) is 6.61. The standard InChI is InChI=1S/C14H9BrClF2NO/c1-7-4-12(18)13(6-11(7)17)19-14(20)9-5-8(16)2-3-10(9)15/h2-6H,1H3,(H,19,20). The van der Waals surface area contributed by atoms with Crippen LogP contribution in [0.3, 0.4) is 0 Å². The van der Waals surface area contributed by atoms with E-state index in [1.54, 1.807) is 12.1 Å². The van der Waals surface area contributed by atoms with Crippen molar-refractivity contribution in [3.63, 3.8) is 0 Å². The molecular weight excluding hydrogens is 352 g/mol. The lowest BCUT2D eigenvalue weighted by Crippen LogP contribution is -2.14. The molecule has 0 radical (unpaired) electrons. The molecule has 0 aliphatic heterocycles. The van der Waals surface area contributed by atoms with Gasteiger partial charge in [-0.05, 0) is 52.7 Å². The maximum atomic E-state index is 13.7. The van der Waals surface area contributed by atoms with Crippen LogP contribution in [-0.4, -0.2) is 5.91 Å². The molecule has 0 atom stereocenters. The Balaban J connectivity index is 2.32. The van der Waals surface area contributed by atoms with Crippen LogP contribution >= 0.6 is 27.5 Å². The number of anilines is 1. The number of rotatable bonds is 2. The summed E-state index contributed by atoms with van der Waals surface area (Å²) in [6.07, 6.45) is 0. The Morgan fingerprint density at radius 2 is 1.90 bits per heavy atom. The Morgan fingerprint density at radius 1 is 1.20 bits per heavy atom. The van der Waals surface area contributed by atoms with E-state index < -0.39 is 17.5 Å². The third kappa shape index (κ3) is 3.16. The first-order valence-corrected chi connectivity index (χ1v) is 6.77. The lowest BCUT2D eigenvalue weighted by atomic mass is 10.1. The molecule has 0 heterocycles. The van der Waals surface area contributed by atoms with Gasteiger partial charge in [0.15, 0.2) is 0 Å². The number of amides is 1. The van der Waals surface area contributed by atoms with Crippen molar-refractivity contribution >= 4 is 39.1 Å². The maximum Gasteiger partial charge on any atom is 0.256 e. The van der Waals surface area contributed by atoms with Crippen LogP contribution in [0.4, 0.5) is 14.5 Å². The van der Waals surface area contributed by atoms with Crippen LogP contribution in [0.1, 0.15) is 15.9 Å². The van der Waals surface area contributed by atoms with Gasteiger partial charge in [-0.1, -0.05) is 11.6 Å². The highest BCUT2D eigenvalue weighted by molar-refractivity contribution is 9.10. The second-order valence-electron chi connectivity index (χ2n) is 4.16. The maximum absolute atomic E-state index is 13.7. The molecule has 0 unspecified atom stereocenters. The van der Waals surface area contributed by atoms with Gasteiger partial charge in [-0.25, -0.2) is 8.78 Å². The first-order valence-electron chi connectivity index (χ1n) is 5.60. The molecule has 2 nitrogen and oxygen atoms in total. The van der Waals surface area contributed by atoms with Crippen LogP contribution < -0.4 is 5.32 Å². The van der Waals surface area contributed by atoms with Crippen LogP contribution in [0, 0.1) is 18.6 Å². The number of carbonyl (C=O) groups excluding carboxylic acids is 1. The first kappa shape index (κ1) is 14.9. The van der Waals surface area contributed by atoms with E-state index in [4.69, 9.17) is 11.6 Å². The van der Waals surface area contributed by atoms with Gasteiger partial charge in [0.2, 0.25) is 0 Å². The molecule has 2 aromatic rings. The van der Waals surface area contributed by atoms with Gasteiger partial charge in [-0.3, -0.25) is 4.79 Å². The van der Waals surface area contributed by atoms with Gasteiger partial charge in [0.25, 0.3) is 5.91 Å². The molecule has 2 aromatic carbocycles. The highest BCUT2D eigenvalue weighted by atomic mass is 79.9. The fourth-order valence-electron chi connectivity index (χ4n) is 1.60. The van der Waals surface area contributed by atoms with E-state index in [9.17, 15) is 13.6 Å². The summed E-state index contributed by atoms with van der Waals surface area (Å²) in [5.41, 5.74) is 0.187. The smallest absolute Gasteiger partial charge is 0.256 e. The molecule has 2 rings (SSSR count). The van der Waals surface area contributed by atoms with Crippen molar-refractivity contribution in [1.82, 2.24) is 0 Å². The van der Waals surface area contributed by atoms with E-state index in [2.05, 4.69) is 21.2 Å². The minimum Gasteiger partial charge on any atom is -0.319 e. The van der Waals surface area contributed by atoms with E-state index in [1.807, 2.05) is 0 Å². The Kier molecular flexibility index (Phi) is 4.40. The number of halogens is 4. The fraction of sp³-hybridized carbons (Fsp3) is 0.0714. The first-order chi connectivity index (χ1) is 9.38. The summed E-state index contributed by atoms with van der Waals surface area (Å²) < 4.78 is 27.6. The zero-order valence-corrected chi connectivity index (χ0v) is 12.6. The van der Waals surface area contributed by atoms with Crippen LogP contribution in [0.15, 0.2) is 34.8 Å². The van der Waals surface area contributed by atoms with Gasteiger partial charge in [0.05, 0.1) is 11.3 Å². The largest absolute Gasteiger partial charge is 0.319 e. The van der Waals surface area contributed by atoms with Crippen molar-refractivity contribution < 1.29 is 13.6 Å². The summed E-state index contributed by atoms with van der Waals surface area (Å²) >= 11 is 9.01. The summed E-state index contributed by atoms with van der Waals surface area (Å²) in [7, 11) is 0. The minimum absolute atomic E-state index is 0.171. The van der Waals surface area contributed by atoms with Crippen molar-refractivity contribution in [2.75, 3.05) is 5.32 Å². The van der Waals surface area contributed by atoms with Crippen LogP contribution in [-0.2, 0) is 0 Å². The zero-order chi connectivity index (χ0) is 14.9. The van der Waals surface area contributed by atoms with Crippen molar-refractivity contribution in [1.29, 1.82) is 0 Å². The lowest BCUT2D eigenvalue weighted by molar-refractivity contribution is 0.102. The molecule has 20 heavy (non-hydrogen) atoms.